The lowest BCUT2D eigenvalue weighted by Crippen LogP contribution is -2.53. The molecule has 0 saturated heterocycles. The highest BCUT2D eigenvalue weighted by Gasteiger charge is 2.56. The van der Waals surface area contributed by atoms with Gasteiger partial charge in [-0.15, -0.1) is 0 Å². The largest absolute Gasteiger partial charge is 0.466 e. The van der Waals surface area contributed by atoms with Crippen LogP contribution >= 0.6 is 0 Å². The Morgan fingerprint density at radius 1 is 1.16 bits per heavy atom. The van der Waals surface area contributed by atoms with Crippen molar-refractivity contribution in [2.45, 2.75) is 51.9 Å². The number of aromatic nitrogens is 1. The van der Waals surface area contributed by atoms with E-state index >= 15 is 0 Å². The number of hydrogen-bond acceptors (Lipinski definition) is 5. The molecular formula is C32H32N2O3. The maximum atomic E-state index is 13.1. The smallest absolute Gasteiger partial charge is 0.302 e. The molecule has 5 rings (SSSR count). The van der Waals surface area contributed by atoms with Crippen molar-refractivity contribution in [3.05, 3.63) is 88.7 Å². The molecule has 5 heteroatoms. The number of rotatable bonds is 5. The molecule has 1 heterocycles. The van der Waals surface area contributed by atoms with E-state index in [9.17, 15) is 14.9 Å². The minimum absolute atomic E-state index is 0.0656. The third-order valence-electron chi connectivity index (χ3n) is 8.31. The number of ether oxygens (including phenoxy) is 1. The number of hydrogen-bond donors (Lipinski definition) is 0. The first kappa shape index (κ1) is 24.9. The van der Waals surface area contributed by atoms with E-state index in [1.165, 1.54) is 12.5 Å². The van der Waals surface area contributed by atoms with Crippen LogP contribution in [0.25, 0.3) is 11.1 Å². The zero-order valence-corrected chi connectivity index (χ0v) is 21.7. The number of fused-ring (bicyclic) bond motifs is 3. The number of esters is 1. The Balaban J connectivity index is 1.68. The summed E-state index contributed by atoms with van der Waals surface area (Å²) in [6.45, 7) is 5.81. The average molecular weight is 493 g/mol. The number of nitrogens with zero attached hydrogens (tertiary/aromatic N) is 2. The molecule has 2 aromatic carbocycles. The van der Waals surface area contributed by atoms with Crippen LogP contribution in [0.1, 0.15) is 54.8 Å². The number of nitriles is 1. The third-order valence-corrected chi connectivity index (χ3v) is 8.31. The maximum Gasteiger partial charge on any atom is 0.302 e. The second kappa shape index (κ2) is 9.94. The molecule has 0 spiro atoms. The number of carbonyl (C=O) groups excluding carboxylic acids is 2. The zero-order valence-electron chi connectivity index (χ0n) is 21.7. The highest BCUT2D eigenvalue weighted by Crippen LogP contribution is 2.56. The number of aryl methyl sites for hydroxylation is 1. The molecule has 0 radical (unpaired) electrons. The molecule has 188 valence electrons. The fraction of sp³-hybridized carbons (Fsp3) is 0.375. The van der Waals surface area contributed by atoms with E-state index in [4.69, 9.17) is 9.72 Å². The van der Waals surface area contributed by atoms with E-state index in [2.05, 4.69) is 42.5 Å². The van der Waals surface area contributed by atoms with Crippen LogP contribution < -0.4 is 0 Å². The fourth-order valence-corrected chi connectivity index (χ4v) is 6.68. The first-order chi connectivity index (χ1) is 17.8. The Labute approximate surface area is 218 Å². The second-order valence-electron chi connectivity index (χ2n) is 10.5. The molecule has 1 saturated carbocycles. The lowest BCUT2D eigenvalue weighted by Gasteiger charge is -2.51. The van der Waals surface area contributed by atoms with Crippen molar-refractivity contribution in [3.63, 3.8) is 0 Å². The normalized spacial score (nSPS) is 24.5. The molecule has 2 aliphatic rings. The summed E-state index contributed by atoms with van der Waals surface area (Å²) in [5.41, 5.74) is 7.18. The molecule has 1 aromatic heterocycles. The van der Waals surface area contributed by atoms with Gasteiger partial charge in [0.05, 0.1) is 18.4 Å². The van der Waals surface area contributed by atoms with Gasteiger partial charge in [0.1, 0.15) is 5.92 Å². The summed E-state index contributed by atoms with van der Waals surface area (Å²) in [4.78, 5) is 29.5. The first-order valence-corrected chi connectivity index (χ1v) is 13.1. The number of Topliss-reactive ketones (excluding diaryl/α,β-unsaturated/α-hetero) is 1. The van der Waals surface area contributed by atoms with Crippen LogP contribution in [0.4, 0.5) is 0 Å². The summed E-state index contributed by atoms with van der Waals surface area (Å²) in [5.74, 6) is -0.964. The van der Waals surface area contributed by atoms with Crippen LogP contribution in [-0.4, -0.2) is 23.3 Å². The van der Waals surface area contributed by atoms with Crippen molar-refractivity contribution < 1.29 is 14.3 Å². The molecule has 37 heavy (non-hydrogen) atoms. The fourth-order valence-electron chi connectivity index (χ4n) is 6.68. The van der Waals surface area contributed by atoms with E-state index in [0.717, 1.165) is 46.5 Å². The molecule has 0 amide bonds. The van der Waals surface area contributed by atoms with Crippen LogP contribution in [-0.2, 0) is 32.6 Å². The SMILES string of the molecule is CC(=O)OCCc1cccc(-c2cc(C)nc3c2CC[C@H]2[C@H](C)C(=O)C(C#N)C[C@@]32c2ccccc2)c1. The summed E-state index contributed by atoms with van der Waals surface area (Å²) in [7, 11) is 0. The molecule has 5 nitrogen and oxygen atoms in total. The predicted octanol–water partition coefficient (Wildman–Crippen LogP) is 5.76. The Kier molecular flexibility index (Phi) is 6.69. The summed E-state index contributed by atoms with van der Waals surface area (Å²) in [6.07, 6.45) is 2.83. The molecule has 3 aromatic rings. The van der Waals surface area contributed by atoms with Crippen LogP contribution in [0.2, 0.25) is 0 Å². The van der Waals surface area contributed by atoms with Gasteiger partial charge in [0.15, 0.2) is 5.78 Å². The van der Waals surface area contributed by atoms with Gasteiger partial charge in [0.2, 0.25) is 0 Å². The molecule has 1 fully saturated rings. The number of pyridine rings is 1. The van der Waals surface area contributed by atoms with E-state index in [-0.39, 0.29) is 23.6 Å². The molecule has 4 atom stereocenters. The quantitative estimate of drug-likeness (QED) is 0.423. The zero-order chi connectivity index (χ0) is 26.2. The summed E-state index contributed by atoms with van der Waals surface area (Å²) < 4.78 is 5.16. The van der Waals surface area contributed by atoms with Gasteiger partial charge in [0.25, 0.3) is 0 Å². The Bertz CT molecular complexity index is 1390. The lowest BCUT2D eigenvalue weighted by molar-refractivity contribution is -0.140. The number of carbonyl (C=O) groups is 2. The van der Waals surface area contributed by atoms with Gasteiger partial charge >= 0.3 is 5.97 Å². The van der Waals surface area contributed by atoms with Crippen molar-refractivity contribution in [1.29, 1.82) is 5.26 Å². The van der Waals surface area contributed by atoms with Crippen LogP contribution in [0.5, 0.6) is 0 Å². The molecule has 0 bridgehead atoms. The van der Waals surface area contributed by atoms with Crippen molar-refractivity contribution in [1.82, 2.24) is 4.98 Å². The van der Waals surface area contributed by atoms with Gasteiger partial charge < -0.3 is 4.74 Å². The van der Waals surface area contributed by atoms with Crippen molar-refractivity contribution >= 4 is 11.8 Å². The van der Waals surface area contributed by atoms with E-state index in [1.54, 1.807) is 0 Å². The highest BCUT2D eigenvalue weighted by molar-refractivity contribution is 5.88. The lowest BCUT2D eigenvalue weighted by atomic mass is 9.50. The highest BCUT2D eigenvalue weighted by atomic mass is 16.5. The molecule has 1 unspecified atom stereocenters. The Morgan fingerprint density at radius 2 is 1.95 bits per heavy atom. The Morgan fingerprint density at radius 3 is 2.68 bits per heavy atom. The number of ketones is 1. The number of benzene rings is 2. The molecule has 2 aliphatic carbocycles. The van der Waals surface area contributed by atoms with Crippen molar-refractivity contribution in [2.24, 2.45) is 17.8 Å². The van der Waals surface area contributed by atoms with E-state index < -0.39 is 11.3 Å². The van der Waals surface area contributed by atoms with Gasteiger partial charge in [0, 0.05) is 30.4 Å². The van der Waals surface area contributed by atoms with Gasteiger partial charge in [-0.05, 0) is 66.0 Å². The second-order valence-corrected chi connectivity index (χ2v) is 10.5. The van der Waals surface area contributed by atoms with Crippen molar-refractivity contribution in [2.75, 3.05) is 6.61 Å². The van der Waals surface area contributed by atoms with Crippen LogP contribution in [0, 0.1) is 36.0 Å². The van der Waals surface area contributed by atoms with E-state index in [0.29, 0.717) is 19.4 Å². The topological polar surface area (TPSA) is 80.0 Å². The Hall–Kier alpha value is -3.78. The van der Waals surface area contributed by atoms with Gasteiger partial charge in [-0.1, -0.05) is 61.5 Å². The van der Waals surface area contributed by atoms with Crippen LogP contribution in [0.3, 0.4) is 0 Å². The molecule has 0 aliphatic heterocycles. The van der Waals surface area contributed by atoms with Crippen molar-refractivity contribution in [3.8, 4) is 17.2 Å². The summed E-state index contributed by atoms with van der Waals surface area (Å²) >= 11 is 0. The maximum absolute atomic E-state index is 13.1. The summed E-state index contributed by atoms with van der Waals surface area (Å²) in [6, 6.07) is 23.2. The predicted molar refractivity (Wildman–Crippen MR) is 142 cm³/mol. The van der Waals surface area contributed by atoms with Gasteiger partial charge in [-0.3, -0.25) is 14.6 Å². The minimum Gasteiger partial charge on any atom is -0.466 e. The van der Waals surface area contributed by atoms with Gasteiger partial charge in [-0.2, -0.15) is 5.26 Å². The summed E-state index contributed by atoms with van der Waals surface area (Å²) in [5, 5.41) is 9.98. The third kappa shape index (κ3) is 4.35. The minimum atomic E-state index is -0.646. The van der Waals surface area contributed by atoms with E-state index in [1.807, 2.05) is 38.1 Å². The monoisotopic (exact) mass is 492 g/mol. The first-order valence-electron chi connectivity index (χ1n) is 13.1. The van der Waals surface area contributed by atoms with Gasteiger partial charge in [-0.25, -0.2) is 0 Å². The average Bonchev–Trinajstić information content (AvgIpc) is 2.90. The molecule has 0 N–H and O–H groups in total. The molecular weight excluding hydrogens is 460 g/mol. The van der Waals surface area contributed by atoms with Crippen LogP contribution in [0.15, 0.2) is 60.7 Å². The standard InChI is InChI=1S/C32H32N2O3/c1-20-16-28(24-9-7-8-23(17-24)14-15-37-22(3)35)27-12-13-29-21(2)30(36)25(19-33)18-32(29,31(27)34-20)26-10-5-4-6-11-26/h4-11,16-17,21,25,29H,12-15,18H2,1-3H3/t21-,25?,29-,32-/m0/s1.